The Morgan fingerprint density at radius 3 is 2.43 bits per heavy atom. The standard InChI is InChI=1S/C16H22FN3O/c17-14-7-3-4-8-15(14)18-16(21)20-11-13(12-20)19-9-5-1-2-6-10-19/h3-4,7-8,13H,1-2,5-6,9-12H2,(H,18,21). The number of nitrogens with zero attached hydrogens (tertiary/aromatic N) is 2. The van der Waals surface area contributed by atoms with Gasteiger partial charge in [-0.05, 0) is 38.1 Å². The van der Waals surface area contributed by atoms with Gasteiger partial charge in [0.1, 0.15) is 5.82 Å². The Bertz CT molecular complexity index is 494. The lowest BCUT2D eigenvalue weighted by atomic mass is 10.1. The number of carbonyl (C=O) groups is 1. The lowest BCUT2D eigenvalue weighted by molar-refractivity contribution is 0.0638. The van der Waals surface area contributed by atoms with Gasteiger partial charge in [0.05, 0.1) is 5.69 Å². The molecule has 0 radical (unpaired) electrons. The van der Waals surface area contributed by atoms with Gasteiger partial charge in [-0.15, -0.1) is 0 Å². The smallest absolute Gasteiger partial charge is 0.321 e. The van der Waals surface area contributed by atoms with E-state index in [2.05, 4.69) is 10.2 Å². The van der Waals surface area contributed by atoms with Crippen LogP contribution < -0.4 is 5.32 Å². The number of urea groups is 1. The number of halogens is 1. The lowest BCUT2D eigenvalue weighted by Crippen LogP contribution is -2.62. The summed E-state index contributed by atoms with van der Waals surface area (Å²) >= 11 is 0. The summed E-state index contributed by atoms with van der Waals surface area (Å²) in [6, 6.07) is 6.55. The van der Waals surface area contributed by atoms with E-state index in [1.54, 1.807) is 23.1 Å². The monoisotopic (exact) mass is 291 g/mol. The second kappa shape index (κ2) is 6.43. The van der Waals surface area contributed by atoms with Crippen molar-refractivity contribution in [3.05, 3.63) is 30.1 Å². The van der Waals surface area contributed by atoms with Crippen molar-refractivity contribution in [3.63, 3.8) is 0 Å². The van der Waals surface area contributed by atoms with Crippen LogP contribution in [-0.4, -0.2) is 48.1 Å². The largest absolute Gasteiger partial charge is 0.322 e. The Labute approximate surface area is 124 Å². The van der Waals surface area contributed by atoms with Crippen LogP contribution in [0.2, 0.25) is 0 Å². The molecule has 4 nitrogen and oxygen atoms in total. The molecule has 21 heavy (non-hydrogen) atoms. The number of likely N-dealkylation sites (tertiary alicyclic amines) is 2. The van der Waals surface area contributed by atoms with Gasteiger partial charge in [-0.25, -0.2) is 9.18 Å². The first-order chi connectivity index (χ1) is 10.2. The Morgan fingerprint density at radius 2 is 1.76 bits per heavy atom. The van der Waals surface area contributed by atoms with Gasteiger partial charge in [0, 0.05) is 19.1 Å². The molecule has 0 atom stereocenters. The molecule has 0 saturated carbocycles. The van der Waals surface area contributed by atoms with Gasteiger partial charge >= 0.3 is 6.03 Å². The number of hydrogen-bond acceptors (Lipinski definition) is 2. The van der Waals surface area contributed by atoms with Crippen LogP contribution in [0.4, 0.5) is 14.9 Å². The van der Waals surface area contributed by atoms with Crippen LogP contribution in [0.15, 0.2) is 24.3 Å². The fourth-order valence-corrected chi connectivity index (χ4v) is 3.07. The molecule has 0 bridgehead atoms. The predicted octanol–water partition coefficient (Wildman–Crippen LogP) is 2.92. The normalized spacial score (nSPS) is 20.7. The molecule has 2 amide bonds. The second-order valence-electron chi connectivity index (χ2n) is 5.92. The zero-order valence-corrected chi connectivity index (χ0v) is 12.2. The van der Waals surface area contributed by atoms with E-state index < -0.39 is 5.82 Å². The van der Waals surface area contributed by atoms with Crippen molar-refractivity contribution < 1.29 is 9.18 Å². The molecular weight excluding hydrogens is 269 g/mol. The molecule has 2 aliphatic heterocycles. The van der Waals surface area contributed by atoms with E-state index >= 15 is 0 Å². The van der Waals surface area contributed by atoms with Crippen molar-refractivity contribution >= 4 is 11.7 Å². The number of hydrogen-bond donors (Lipinski definition) is 1. The summed E-state index contributed by atoms with van der Waals surface area (Å²) in [5.74, 6) is -0.393. The maximum Gasteiger partial charge on any atom is 0.322 e. The van der Waals surface area contributed by atoms with Gasteiger partial charge in [-0.3, -0.25) is 4.90 Å². The van der Waals surface area contributed by atoms with Gasteiger partial charge in [-0.1, -0.05) is 25.0 Å². The molecular formula is C16H22FN3O. The summed E-state index contributed by atoms with van der Waals surface area (Å²) in [6.07, 6.45) is 5.16. The fraction of sp³-hybridized carbons (Fsp3) is 0.562. The molecule has 0 aliphatic carbocycles. The summed E-state index contributed by atoms with van der Waals surface area (Å²) in [5, 5.41) is 2.64. The van der Waals surface area contributed by atoms with Crippen LogP contribution in [0.5, 0.6) is 0 Å². The minimum absolute atomic E-state index is 0.203. The third kappa shape index (κ3) is 3.35. The zero-order chi connectivity index (χ0) is 14.7. The van der Waals surface area contributed by atoms with Crippen LogP contribution in [0.1, 0.15) is 25.7 Å². The highest BCUT2D eigenvalue weighted by Gasteiger charge is 2.34. The van der Waals surface area contributed by atoms with Crippen LogP contribution >= 0.6 is 0 Å². The van der Waals surface area contributed by atoms with Crippen molar-refractivity contribution in [2.75, 3.05) is 31.5 Å². The quantitative estimate of drug-likeness (QED) is 0.909. The van der Waals surface area contributed by atoms with Crippen molar-refractivity contribution in [1.82, 2.24) is 9.80 Å². The fourth-order valence-electron chi connectivity index (χ4n) is 3.07. The van der Waals surface area contributed by atoms with E-state index in [1.807, 2.05) is 0 Å². The van der Waals surface area contributed by atoms with Crippen LogP contribution in [0.3, 0.4) is 0 Å². The molecule has 114 valence electrons. The van der Waals surface area contributed by atoms with Crippen LogP contribution in [0.25, 0.3) is 0 Å². The molecule has 0 unspecified atom stereocenters. The molecule has 0 aromatic heterocycles. The van der Waals surface area contributed by atoms with E-state index in [1.165, 1.54) is 31.7 Å². The summed E-state index contributed by atoms with van der Waals surface area (Å²) in [7, 11) is 0. The van der Waals surface area contributed by atoms with E-state index in [9.17, 15) is 9.18 Å². The molecule has 2 saturated heterocycles. The number of para-hydroxylation sites is 1. The third-order valence-corrected chi connectivity index (χ3v) is 4.42. The molecule has 0 spiro atoms. The predicted molar refractivity (Wildman–Crippen MR) is 80.8 cm³/mol. The average molecular weight is 291 g/mol. The summed E-state index contributed by atoms with van der Waals surface area (Å²) < 4.78 is 13.5. The molecule has 2 heterocycles. The first-order valence-corrected chi connectivity index (χ1v) is 7.78. The number of benzene rings is 1. The molecule has 2 fully saturated rings. The molecule has 1 N–H and O–H groups in total. The van der Waals surface area contributed by atoms with E-state index in [-0.39, 0.29) is 11.7 Å². The van der Waals surface area contributed by atoms with E-state index in [0.717, 1.165) is 26.2 Å². The van der Waals surface area contributed by atoms with Crippen molar-refractivity contribution in [1.29, 1.82) is 0 Å². The Hall–Kier alpha value is -1.62. The molecule has 2 aliphatic rings. The van der Waals surface area contributed by atoms with Gasteiger partial charge < -0.3 is 10.2 Å². The minimum atomic E-state index is -0.393. The summed E-state index contributed by atoms with van der Waals surface area (Å²) in [6.45, 7) is 3.79. The second-order valence-corrected chi connectivity index (χ2v) is 5.92. The maximum atomic E-state index is 13.5. The van der Waals surface area contributed by atoms with Gasteiger partial charge in [-0.2, -0.15) is 0 Å². The highest BCUT2D eigenvalue weighted by atomic mass is 19.1. The highest BCUT2D eigenvalue weighted by Crippen LogP contribution is 2.21. The van der Waals surface area contributed by atoms with E-state index in [4.69, 9.17) is 0 Å². The molecule has 1 aromatic carbocycles. The number of carbonyl (C=O) groups excluding carboxylic acids is 1. The maximum absolute atomic E-state index is 13.5. The molecule has 1 aromatic rings. The molecule has 3 rings (SSSR count). The Kier molecular flexibility index (Phi) is 4.39. The number of nitrogens with one attached hydrogen (secondary N) is 1. The highest BCUT2D eigenvalue weighted by molar-refractivity contribution is 5.90. The number of amides is 2. The summed E-state index contributed by atoms with van der Waals surface area (Å²) in [5.41, 5.74) is 0.251. The van der Waals surface area contributed by atoms with Crippen LogP contribution in [-0.2, 0) is 0 Å². The first kappa shape index (κ1) is 14.3. The van der Waals surface area contributed by atoms with Crippen molar-refractivity contribution in [3.8, 4) is 0 Å². The SMILES string of the molecule is O=C(Nc1ccccc1F)N1CC(N2CCCCCC2)C1. The van der Waals surface area contributed by atoms with Crippen molar-refractivity contribution in [2.24, 2.45) is 0 Å². The van der Waals surface area contributed by atoms with E-state index in [0.29, 0.717) is 6.04 Å². The number of anilines is 1. The Balaban J connectivity index is 1.49. The molecule has 5 heteroatoms. The van der Waals surface area contributed by atoms with Gasteiger partial charge in [0.15, 0.2) is 0 Å². The number of rotatable bonds is 2. The van der Waals surface area contributed by atoms with Gasteiger partial charge in [0.2, 0.25) is 0 Å². The zero-order valence-electron chi connectivity index (χ0n) is 12.2. The first-order valence-electron chi connectivity index (χ1n) is 7.78. The van der Waals surface area contributed by atoms with Crippen LogP contribution in [0, 0.1) is 5.82 Å². The van der Waals surface area contributed by atoms with Gasteiger partial charge in [0.25, 0.3) is 0 Å². The third-order valence-electron chi connectivity index (χ3n) is 4.42. The van der Waals surface area contributed by atoms with Crippen molar-refractivity contribution in [2.45, 2.75) is 31.7 Å². The topological polar surface area (TPSA) is 35.6 Å². The average Bonchev–Trinajstić information content (AvgIpc) is 2.69. The minimum Gasteiger partial charge on any atom is -0.321 e. The lowest BCUT2D eigenvalue weighted by Gasteiger charge is -2.45. The summed E-state index contributed by atoms with van der Waals surface area (Å²) in [4.78, 5) is 16.3. The Morgan fingerprint density at radius 1 is 1.10 bits per heavy atom.